The van der Waals surface area contributed by atoms with Crippen molar-refractivity contribution in [3.8, 4) is 17.2 Å². The number of nitrogens with one attached hydrogen (secondary N) is 1. The van der Waals surface area contributed by atoms with E-state index in [-0.39, 0.29) is 18.1 Å². The second-order valence-corrected chi connectivity index (χ2v) is 6.81. The quantitative estimate of drug-likeness (QED) is 0.275. The number of nitro benzene ring substituents is 2. The Labute approximate surface area is 191 Å². The number of nitro groups is 2. The van der Waals surface area contributed by atoms with E-state index < -0.39 is 27.1 Å². The van der Waals surface area contributed by atoms with Gasteiger partial charge in [0.15, 0.2) is 6.61 Å². The zero-order valence-corrected chi connectivity index (χ0v) is 17.5. The molecule has 11 nitrogen and oxygen atoms in total. The average Bonchev–Trinajstić information content (AvgIpc) is 2.80. The first-order valence-corrected chi connectivity index (χ1v) is 9.60. The van der Waals surface area contributed by atoms with Crippen molar-refractivity contribution >= 4 is 35.1 Å². The van der Waals surface area contributed by atoms with Crippen LogP contribution in [0.1, 0.15) is 5.56 Å². The van der Waals surface area contributed by atoms with Crippen LogP contribution >= 0.6 is 11.6 Å². The summed E-state index contributed by atoms with van der Waals surface area (Å²) in [6, 6.07) is 15.9. The summed E-state index contributed by atoms with van der Waals surface area (Å²) in [4.78, 5) is 32.3. The maximum atomic E-state index is 11.8. The molecule has 0 atom stereocenters. The minimum atomic E-state index is -0.761. The lowest BCUT2D eigenvalue weighted by molar-refractivity contribution is -0.394. The third kappa shape index (κ3) is 6.74. The Balaban J connectivity index is 1.55. The standard InChI is InChI=1S/C21H15ClN4O7/c22-15-3-8-17(9-4-15)32-13-21(27)24-23-12-14-1-6-18(7-2-14)33-20-10-5-16(25(28)29)11-19(20)26(30)31/h1-12H,13H2,(H,24,27)/b23-12-. The van der Waals surface area contributed by atoms with Gasteiger partial charge in [-0.1, -0.05) is 11.6 Å². The van der Waals surface area contributed by atoms with E-state index in [9.17, 15) is 25.0 Å². The van der Waals surface area contributed by atoms with E-state index in [1.807, 2.05) is 0 Å². The topological polar surface area (TPSA) is 146 Å². The first-order chi connectivity index (χ1) is 15.8. The van der Waals surface area contributed by atoms with Crippen LogP contribution in [0.15, 0.2) is 71.8 Å². The Bertz CT molecular complexity index is 1200. The SMILES string of the molecule is O=C(COc1ccc(Cl)cc1)N/N=C\c1ccc(Oc2ccc([N+](=O)[O-])cc2[N+](=O)[O-])cc1. The Morgan fingerprint density at radius 2 is 1.64 bits per heavy atom. The van der Waals surface area contributed by atoms with Gasteiger partial charge in [0.05, 0.1) is 22.1 Å². The molecule has 0 radical (unpaired) electrons. The summed E-state index contributed by atoms with van der Waals surface area (Å²) >= 11 is 5.78. The van der Waals surface area contributed by atoms with E-state index in [0.29, 0.717) is 16.3 Å². The van der Waals surface area contributed by atoms with Crippen LogP contribution in [0.4, 0.5) is 11.4 Å². The van der Waals surface area contributed by atoms with Gasteiger partial charge in [-0.25, -0.2) is 5.43 Å². The van der Waals surface area contributed by atoms with Gasteiger partial charge in [-0.3, -0.25) is 25.0 Å². The first-order valence-electron chi connectivity index (χ1n) is 9.23. The number of halogens is 1. The van der Waals surface area contributed by atoms with Gasteiger partial charge in [-0.05, 0) is 60.2 Å². The lowest BCUT2D eigenvalue weighted by Gasteiger charge is -2.06. The van der Waals surface area contributed by atoms with Gasteiger partial charge < -0.3 is 9.47 Å². The highest BCUT2D eigenvalue weighted by Gasteiger charge is 2.21. The average molecular weight is 471 g/mol. The number of amides is 1. The smallest absolute Gasteiger partial charge is 0.318 e. The predicted molar refractivity (Wildman–Crippen MR) is 119 cm³/mol. The zero-order chi connectivity index (χ0) is 23.8. The summed E-state index contributed by atoms with van der Waals surface area (Å²) in [6.07, 6.45) is 1.39. The summed E-state index contributed by atoms with van der Waals surface area (Å²) in [5, 5.41) is 26.4. The normalized spacial score (nSPS) is 10.6. The Morgan fingerprint density at radius 3 is 2.27 bits per heavy atom. The molecular weight excluding hydrogens is 456 g/mol. The van der Waals surface area contributed by atoms with Gasteiger partial charge in [0, 0.05) is 11.1 Å². The molecule has 3 aromatic carbocycles. The van der Waals surface area contributed by atoms with E-state index in [2.05, 4.69) is 10.5 Å². The lowest BCUT2D eigenvalue weighted by Crippen LogP contribution is -2.24. The van der Waals surface area contributed by atoms with Crippen molar-refractivity contribution in [2.24, 2.45) is 5.10 Å². The molecule has 0 aliphatic heterocycles. The second kappa shape index (κ2) is 10.7. The molecule has 0 fully saturated rings. The Hall–Kier alpha value is -4.51. The van der Waals surface area contributed by atoms with Crippen molar-refractivity contribution < 1.29 is 24.1 Å². The number of carbonyl (C=O) groups excluding carboxylic acids is 1. The van der Waals surface area contributed by atoms with Gasteiger partial charge in [0.2, 0.25) is 5.75 Å². The Morgan fingerprint density at radius 1 is 0.970 bits per heavy atom. The maximum absolute atomic E-state index is 11.8. The number of non-ortho nitro benzene ring substituents is 1. The lowest BCUT2D eigenvalue weighted by atomic mass is 10.2. The molecule has 0 heterocycles. The first kappa shape index (κ1) is 23.2. The van der Waals surface area contributed by atoms with Crippen molar-refractivity contribution in [3.05, 3.63) is 97.5 Å². The molecule has 0 saturated carbocycles. The number of rotatable bonds is 9. The summed E-state index contributed by atoms with van der Waals surface area (Å²) in [6.45, 7) is -0.236. The number of hydrogen-bond acceptors (Lipinski definition) is 8. The van der Waals surface area contributed by atoms with E-state index >= 15 is 0 Å². The number of ether oxygens (including phenoxy) is 2. The van der Waals surface area contributed by atoms with Crippen LogP contribution in [-0.4, -0.2) is 28.6 Å². The molecule has 1 N–H and O–H groups in total. The van der Waals surface area contributed by atoms with Gasteiger partial charge >= 0.3 is 5.69 Å². The zero-order valence-electron chi connectivity index (χ0n) is 16.7. The summed E-state index contributed by atoms with van der Waals surface area (Å²) in [7, 11) is 0. The number of nitrogens with zero attached hydrogens (tertiary/aromatic N) is 3. The van der Waals surface area contributed by atoms with Gasteiger partial charge in [-0.2, -0.15) is 5.10 Å². The molecule has 0 unspecified atom stereocenters. The van der Waals surface area contributed by atoms with Crippen LogP contribution in [0.5, 0.6) is 17.2 Å². The molecule has 1 amide bonds. The van der Waals surface area contributed by atoms with Crippen LogP contribution in [0.3, 0.4) is 0 Å². The molecule has 0 saturated heterocycles. The van der Waals surface area contributed by atoms with E-state index in [0.717, 1.165) is 18.2 Å². The predicted octanol–water partition coefficient (Wildman–Crippen LogP) is 4.48. The molecule has 168 valence electrons. The van der Waals surface area contributed by atoms with Crippen LogP contribution in [-0.2, 0) is 4.79 Å². The molecule has 33 heavy (non-hydrogen) atoms. The fraction of sp³-hybridized carbons (Fsp3) is 0.0476. The van der Waals surface area contributed by atoms with Crippen LogP contribution in [0, 0.1) is 20.2 Å². The fourth-order valence-electron chi connectivity index (χ4n) is 2.49. The summed E-state index contributed by atoms with van der Waals surface area (Å²) in [5.41, 5.74) is 1.99. The molecule has 0 aliphatic carbocycles. The van der Waals surface area contributed by atoms with E-state index in [1.54, 1.807) is 36.4 Å². The number of hydrazone groups is 1. The van der Waals surface area contributed by atoms with Gasteiger partial charge in [-0.15, -0.1) is 0 Å². The van der Waals surface area contributed by atoms with Crippen LogP contribution < -0.4 is 14.9 Å². The van der Waals surface area contributed by atoms with E-state index in [1.165, 1.54) is 18.3 Å². The maximum Gasteiger partial charge on any atom is 0.318 e. The largest absolute Gasteiger partial charge is 0.484 e. The highest BCUT2D eigenvalue weighted by molar-refractivity contribution is 6.30. The Kier molecular flexibility index (Phi) is 7.50. The van der Waals surface area contributed by atoms with Crippen LogP contribution in [0.25, 0.3) is 0 Å². The fourth-order valence-corrected chi connectivity index (χ4v) is 2.61. The minimum absolute atomic E-state index is 0.139. The number of hydrogen-bond donors (Lipinski definition) is 1. The van der Waals surface area contributed by atoms with Gasteiger partial charge in [0.1, 0.15) is 11.5 Å². The van der Waals surface area contributed by atoms with Crippen molar-refractivity contribution in [3.63, 3.8) is 0 Å². The number of carbonyl (C=O) groups is 1. The second-order valence-electron chi connectivity index (χ2n) is 6.37. The minimum Gasteiger partial charge on any atom is -0.484 e. The molecule has 0 aromatic heterocycles. The monoisotopic (exact) mass is 470 g/mol. The van der Waals surface area contributed by atoms with Crippen molar-refractivity contribution in [2.45, 2.75) is 0 Å². The molecule has 0 aliphatic rings. The molecule has 3 rings (SSSR count). The molecule has 0 spiro atoms. The molecule has 0 bridgehead atoms. The van der Waals surface area contributed by atoms with Crippen molar-refractivity contribution in [1.82, 2.24) is 5.43 Å². The van der Waals surface area contributed by atoms with Crippen molar-refractivity contribution in [2.75, 3.05) is 6.61 Å². The van der Waals surface area contributed by atoms with E-state index in [4.69, 9.17) is 21.1 Å². The highest BCUT2D eigenvalue weighted by Crippen LogP contribution is 2.34. The van der Waals surface area contributed by atoms with Gasteiger partial charge in [0.25, 0.3) is 11.6 Å². The molecule has 3 aromatic rings. The summed E-state index contributed by atoms with van der Waals surface area (Å²) in [5.74, 6) is 0.151. The highest BCUT2D eigenvalue weighted by atomic mass is 35.5. The third-order valence-electron chi connectivity index (χ3n) is 4.04. The van der Waals surface area contributed by atoms with Crippen molar-refractivity contribution in [1.29, 1.82) is 0 Å². The molecular formula is C21H15ClN4O7. The van der Waals surface area contributed by atoms with Crippen LogP contribution in [0.2, 0.25) is 5.02 Å². The third-order valence-corrected chi connectivity index (χ3v) is 4.30. The molecule has 12 heteroatoms. The summed E-state index contributed by atoms with van der Waals surface area (Å²) < 4.78 is 10.8. The number of benzene rings is 3.